The van der Waals surface area contributed by atoms with Gasteiger partial charge in [-0.05, 0) is 19.4 Å². The van der Waals surface area contributed by atoms with E-state index in [0.717, 1.165) is 40.6 Å². The van der Waals surface area contributed by atoms with Crippen LogP contribution in [-0.2, 0) is 6.54 Å². The standard InChI is InChI=1S/C16H19N5/c1-3-21-16-13(9-17)18-10-14(12-7-5-4-6-8-12)19-15(16)11(2)20-21/h4-8H,3,9-10,17H2,1-2H3. The Morgan fingerprint density at radius 3 is 2.67 bits per heavy atom. The predicted octanol–water partition coefficient (Wildman–Crippen LogP) is 2.09. The van der Waals surface area contributed by atoms with Crippen LogP contribution in [0.5, 0.6) is 0 Å². The molecule has 5 nitrogen and oxygen atoms in total. The molecule has 0 unspecified atom stereocenters. The Hall–Kier alpha value is -2.27. The zero-order valence-electron chi connectivity index (χ0n) is 12.4. The normalized spacial score (nSPS) is 14.2. The van der Waals surface area contributed by atoms with Crippen LogP contribution in [0.1, 0.15) is 23.9 Å². The van der Waals surface area contributed by atoms with Crippen molar-refractivity contribution >= 4 is 17.1 Å². The van der Waals surface area contributed by atoms with Crippen molar-refractivity contribution in [2.45, 2.75) is 20.4 Å². The number of hydrogen-bond acceptors (Lipinski definition) is 4. The lowest BCUT2D eigenvalue weighted by atomic mass is 10.1. The van der Waals surface area contributed by atoms with Crippen LogP contribution in [0.2, 0.25) is 0 Å². The Kier molecular flexibility index (Phi) is 3.66. The fraction of sp³-hybridized carbons (Fsp3) is 0.312. The summed E-state index contributed by atoms with van der Waals surface area (Å²) in [5.41, 5.74) is 11.6. The van der Waals surface area contributed by atoms with Gasteiger partial charge in [-0.15, -0.1) is 0 Å². The van der Waals surface area contributed by atoms with E-state index >= 15 is 0 Å². The van der Waals surface area contributed by atoms with E-state index in [1.807, 2.05) is 29.8 Å². The molecule has 2 N–H and O–H groups in total. The molecule has 0 saturated heterocycles. The predicted molar refractivity (Wildman–Crippen MR) is 85.7 cm³/mol. The van der Waals surface area contributed by atoms with E-state index in [1.165, 1.54) is 0 Å². The summed E-state index contributed by atoms with van der Waals surface area (Å²) >= 11 is 0. The van der Waals surface area contributed by atoms with Crippen molar-refractivity contribution in [2.24, 2.45) is 15.7 Å². The maximum atomic E-state index is 5.88. The highest BCUT2D eigenvalue weighted by molar-refractivity contribution is 6.12. The molecular formula is C16H19N5. The first kappa shape index (κ1) is 13.7. The lowest BCUT2D eigenvalue weighted by Gasteiger charge is -2.05. The summed E-state index contributed by atoms with van der Waals surface area (Å²) in [6.07, 6.45) is 0. The van der Waals surface area contributed by atoms with E-state index in [2.05, 4.69) is 29.1 Å². The van der Waals surface area contributed by atoms with E-state index in [9.17, 15) is 0 Å². The minimum atomic E-state index is 0.399. The summed E-state index contributed by atoms with van der Waals surface area (Å²) in [4.78, 5) is 9.50. The fourth-order valence-corrected chi connectivity index (χ4v) is 2.58. The van der Waals surface area contributed by atoms with Gasteiger partial charge in [-0.25, -0.2) is 4.99 Å². The second kappa shape index (κ2) is 5.61. The largest absolute Gasteiger partial charge is 0.325 e. The third kappa shape index (κ3) is 2.40. The molecule has 0 amide bonds. The maximum Gasteiger partial charge on any atom is 0.114 e. The third-order valence-electron chi connectivity index (χ3n) is 3.64. The average molecular weight is 281 g/mol. The number of hydrogen-bond donors (Lipinski definition) is 1. The Morgan fingerprint density at radius 2 is 2.00 bits per heavy atom. The molecule has 108 valence electrons. The minimum absolute atomic E-state index is 0.399. The molecular weight excluding hydrogens is 262 g/mol. The Labute approximate surface area is 124 Å². The topological polar surface area (TPSA) is 68.6 Å². The molecule has 0 aliphatic carbocycles. The number of nitrogens with zero attached hydrogens (tertiary/aromatic N) is 4. The molecule has 1 aliphatic heterocycles. The summed E-state index contributed by atoms with van der Waals surface area (Å²) in [6, 6.07) is 10.1. The average Bonchev–Trinajstić information content (AvgIpc) is 2.72. The maximum absolute atomic E-state index is 5.88. The van der Waals surface area contributed by atoms with E-state index in [4.69, 9.17) is 10.7 Å². The Bertz CT molecular complexity index is 710. The summed E-state index contributed by atoms with van der Waals surface area (Å²) in [5.74, 6) is 0. The van der Waals surface area contributed by atoms with Crippen LogP contribution in [-0.4, -0.2) is 34.3 Å². The molecule has 1 aromatic carbocycles. The highest BCUT2D eigenvalue weighted by atomic mass is 15.3. The van der Waals surface area contributed by atoms with Crippen LogP contribution < -0.4 is 5.73 Å². The fourth-order valence-electron chi connectivity index (χ4n) is 2.58. The number of benzene rings is 1. The summed E-state index contributed by atoms with van der Waals surface area (Å²) in [6.45, 7) is 5.78. The van der Waals surface area contributed by atoms with E-state index < -0.39 is 0 Å². The number of nitrogens with two attached hydrogens (primary N) is 1. The van der Waals surface area contributed by atoms with Crippen molar-refractivity contribution in [3.05, 3.63) is 47.3 Å². The molecule has 0 spiro atoms. The van der Waals surface area contributed by atoms with Gasteiger partial charge in [0.25, 0.3) is 0 Å². The second-order valence-electron chi connectivity index (χ2n) is 4.99. The van der Waals surface area contributed by atoms with Gasteiger partial charge in [-0.2, -0.15) is 5.10 Å². The highest BCUT2D eigenvalue weighted by Crippen LogP contribution is 2.27. The number of aliphatic imine (C=N–C) groups is 2. The van der Waals surface area contributed by atoms with Gasteiger partial charge < -0.3 is 5.73 Å². The lowest BCUT2D eigenvalue weighted by Crippen LogP contribution is -2.20. The first-order chi connectivity index (χ1) is 10.2. The molecule has 0 radical (unpaired) electrons. The van der Waals surface area contributed by atoms with Gasteiger partial charge >= 0.3 is 0 Å². The summed E-state index contributed by atoms with van der Waals surface area (Å²) in [7, 11) is 0. The van der Waals surface area contributed by atoms with Crippen molar-refractivity contribution in [3.8, 4) is 0 Å². The van der Waals surface area contributed by atoms with Crippen LogP contribution >= 0.6 is 0 Å². The molecule has 2 heterocycles. The lowest BCUT2D eigenvalue weighted by molar-refractivity contribution is 0.647. The second-order valence-corrected chi connectivity index (χ2v) is 4.99. The summed E-state index contributed by atoms with van der Waals surface area (Å²) < 4.78 is 1.94. The monoisotopic (exact) mass is 281 g/mol. The van der Waals surface area contributed by atoms with Gasteiger partial charge in [0, 0.05) is 13.1 Å². The van der Waals surface area contributed by atoms with Gasteiger partial charge in [-0.1, -0.05) is 30.3 Å². The number of fused-ring (bicyclic) bond motifs is 1. The summed E-state index contributed by atoms with van der Waals surface area (Å²) in [5, 5.41) is 4.55. The number of rotatable bonds is 3. The SMILES string of the molecule is CCn1nc(C)c2c1C(CN)=NCC(c1ccccc1)=N2. The van der Waals surface area contributed by atoms with Crippen molar-refractivity contribution < 1.29 is 0 Å². The van der Waals surface area contributed by atoms with Gasteiger partial charge in [0.1, 0.15) is 11.4 Å². The molecule has 21 heavy (non-hydrogen) atoms. The number of aryl methyl sites for hydroxylation is 2. The molecule has 0 fully saturated rings. The molecule has 3 rings (SSSR count). The molecule has 5 heteroatoms. The quantitative estimate of drug-likeness (QED) is 0.936. The van der Waals surface area contributed by atoms with Crippen LogP contribution in [0, 0.1) is 6.92 Å². The smallest absolute Gasteiger partial charge is 0.114 e. The van der Waals surface area contributed by atoms with E-state index in [1.54, 1.807) is 0 Å². The number of aromatic nitrogens is 2. The molecule has 0 bridgehead atoms. The molecule has 0 saturated carbocycles. The first-order valence-electron chi connectivity index (χ1n) is 7.18. The van der Waals surface area contributed by atoms with Crippen LogP contribution in [0.4, 0.5) is 5.69 Å². The molecule has 2 aromatic rings. The molecule has 1 aromatic heterocycles. The van der Waals surface area contributed by atoms with Gasteiger partial charge in [0.15, 0.2) is 0 Å². The van der Waals surface area contributed by atoms with Crippen LogP contribution in [0.15, 0.2) is 40.3 Å². The first-order valence-corrected chi connectivity index (χ1v) is 7.18. The van der Waals surface area contributed by atoms with E-state index in [-0.39, 0.29) is 0 Å². The Balaban J connectivity index is 2.18. The minimum Gasteiger partial charge on any atom is -0.325 e. The third-order valence-corrected chi connectivity index (χ3v) is 3.64. The van der Waals surface area contributed by atoms with Gasteiger partial charge in [-0.3, -0.25) is 9.67 Å². The van der Waals surface area contributed by atoms with Gasteiger partial charge in [0.05, 0.1) is 23.7 Å². The highest BCUT2D eigenvalue weighted by Gasteiger charge is 2.21. The van der Waals surface area contributed by atoms with Crippen molar-refractivity contribution in [1.82, 2.24) is 9.78 Å². The molecule has 1 aliphatic rings. The van der Waals surface area contributed by atoms with Crippen LogP contribution in [0.25, 0.3) is 0 Å². The zero-order valence-corrected chi connectivity index (χ0v) is 12.4. The van der Waals surface area contributed by atoms with Gasteiger partial charge in [0.2, 0.25) is 0 Å². The van der Waals surface area contributed by atoms with Crippen LogP contribution in [0.3, 0.4) is 0 Å². The zero-order chi connectivity index (χ0) is 14.8. The molecule has 0 atom stereocenters. The van der Waals surface area contributed by atoms with E-state index in [0.29, 0.717) is 13.1 Å². The van der Waals surface area contributed by atoms with Crippen molar-refractivity contribution in [2.75, 3.05) is 13.1 Å². The van der Waals surface area contributed by atoms with Crippen molar-refractivity contribution in [3.63, 3.8) is 0 Å². The Morgan fingerprint density at radius 1 is 1.24 bits per heavy atom. The van der Waals surface area contributed by atoms with Crippen molar-refractivity contribution in [1.29, 1.82) is 0 Å².